The fourth-order valence-corrected chi connectivity index (χ4v) is 3.24. The van der Waals surface area contributed by atoms with Gasteiger partial charge in [-0.25, -0.2) is 5.10 Å². The van der Waals surface area contributed by atoms with Crippen molar-refractivity contribution < 1.29 is 14.4 Å². The monoisotopic (exact) mass is 404 g/mol. The third-order valence-corrected chi connectivity index (χ3v) is 4.73. The lowest BCUT2D eigenvalue weighted by molar-refractivity contribution is -0.122. The van der Waals surface area contributed by atoms with Crippen molar-refractivity contribution in [1.29, 1.82) is 0 Å². The summed E-state index contributed by atoms with van der Waals surface area (Å²) in [5, 5.41) is 8.47. The molecule has 2 aromatic rings. The van der Waals surface area contributed by atoms with E-state index in [4.69, 9.17) is 11.6 Å². The van der Waals surface area contributed by atoms with Gasteiger partial charge in [0.25, 0.3) is 22.6 Å². The van der Waals surface area contributed by atoms with Crippen LogP contribution in [0.25, 0.3) is 6.08 Å². The third-order valence-electron chi connectivity index (χ3n) is 3.57. The lowest BCUT2D eigenvalue weighted by atomic mass is 10.2. The summed E-state index contributed by atoms with van der Waals surface area (Å²) >= 11 is 6.66. The van der Waals surface area contributed by atoms with Crippen LogP contribution in [0.4, 0.5) is 4.79 Å². The Balaban J connectivity index is 1.59. The summed E-state index contributed by atoms with van der Waals surface area (Å²) in [6.45, 7) is 0.0869. The zero-order valence-electron chi connectivity index (χ0n) is 13.8. The van der Waals surface area contributed by atoms with Crippen molar-refractivity contribution in [3.05, 3.63) is 67.9 Å². The van der Waals surface area contributed by atoms with Crippen LogP contribution < -0.4 is 10.9 Å². The molecule has 0 spiro atoms. The SMILES string of the molecule is O=C(NCCN1C(=O)S/C(=C\c2ccc(Cl)cc2)C1=O)c1ccc(=O)[nH]n1. The van der Waals surface area contributed by atoms with Crippen molar-refractivity contribution in [1.82, 2.24) is 20.4 Å². The van der Waals surface area contributed by atoms with E-state index in [9.17, 15) is 19.2 Å². The predicted molar refractivity (Wildman–Crippen MR) is 101 cm³/mol. The number of amides is 3. The second-order valence-electron chi connectivity index (χ2n) is 5.45. The number of H-pyrrole nitrogens is 1. The van der Waals surface area contributed by atoms with Gasteiger partial charge in [0.2, 0.25) is 0 Å². The van der Waals surface area contributed by atoms with Crippen LogP contribution in [0, 0.1) is 0 Å². The van der Waals surface area contributed by atoms with Crippen LogP contribution in [0.15, 0.2) is 46.1 Å². The number of imide groups is 1. The molecule has 0 radical (unpaired) electrons. The summed E-state index contributed by atoms with van der Waals surface area (Å²) in [4.78, 5) is 48.7. The Labute approximate surface area is 162 Å². The summed E-state index contributed by atoms with van der Waals surface area (Å²) in [5.74, 6) is -0.939. The first-order valence-corrected chi connectivity index (χ1v) is 8.98. The zero-order valence-corrected chi connectivity index (χ0v) is 15.3. The molecule has 1 aromatic heterocycles. The number of aromatic amines is 1. The second-order valence-corrected chi connectivity index (χ2v) is 6.88. The quantitative estimate of drug-likeness (QED) is 0.736. The minimum absolute atomic E-state index is 0.0255. The molecule has 0 saturated carbocycles. The van der Waals surface area contributed by atoms with Crippen molar-refractivity contribution >= 4 is 46.5 Å². The number of hydrogen-bond acceptors (Lipinski definition) is 6. The molecule has 2 heterocycles. The minimum atomic E-state index is -0.519. The molecular formula is C17H13ClN4O4S. The number of carbonyl (C=O) groups excluding carboxylic acids is 3. The molecule has 0 unspecified atom stereocenters. The molecule has 1 aliphatic heterocycles. The number of thioether (sulfide) groups is 1. The Kier molecular flexibility index (Phi) is 5.72. The van der Waals surface area contributed by atoms with E-state index in [2.05, 4.69) is 15.5 Å². The Bertz CT molecular complexity index is 967. The molecule has 27 heavy (non-hydrogen) atoms. The van der Waals surface area contributed by atoms with Crippen molar-refractivity contribution in [2.75, 3.05) is 13.1 Å². The smallest absolute Gasteiger partial charge is 0.293 e. The van der Waals surface area contributed by atoms with Gasteiger partial charge < -0.3 is 5.32 Å². The van der Waals surface area contributed by atoms with Crippen LogP contribution in [0.3, 0.4) is 0 Å². The normalized spacial score (nSPS) is 15.4. The Morgan fingerprint density at radius 1 is 1.19 bits per heavy atom. The van der Waals surface area contributed by atoms with E-state index in [0.29, 0.717) is 9.93 Å². The minimum Gasteiger partial charge on any atom is -0.349 e. The summed E-state index contributed by atoms with van der Waals surface area (Å²) < 4.78 is 0. The molecule has 1 fully saturated rings. The first kappa shape index (κ1) is 18.9. The number of halogens is 1. The van der Waals surface area contributed by atoms with E-state index >= 15 is 0 Å². The van der Waals surface area contributed by atoms with E-state index in [1.807, 2.05) is 0 Å². The van der Waals surface area contributed by atoms with Gasteiger partial charge in [-0.15, -0.1) is 0 Å². The lowest BCUT2D eigenvalue weighted by Crippen LogP contribution is -2.37. The number of rotatable bonds is 5. The number of aromatic nitrogens is 2. The van der Waals surface area contributed by atoms with E-state index < -0.39 is 22.6 Å². The van der Waals surface area contributed by atoms with Gasteiger partial charge in [-0.05, 0) is 41.6 Å². The molecule has 1 aromatic carbocycles. The van der Waals surface area contributed by atoms with Gasteiger partial charge in [-0.3, -0.25) is 24.1 Å². The molecular weight excluding hydrogens is 392 g/mol. The summed E-state index contributed by atoms with van der Waals surface area (Å²) in [7, 11) is 0. The molecule has 0 aliphatic carbocycles. The number of nitrogens with zero attached hydrogens (tertiary/aromatic N) is 2. The van der Waals surface area contributed by atoms with Gasteiger partial charge in [0.15, 0.2) is 0 Å². The topological polar surface area (TPSA) is 112 Å². The number of benzene rings is 1. The predicted octanol–water partition coefficient (Wildman–Crippen LogP) is 1.89. The average molecular weight is 405 g/mol. The van der Waals surface area contributed by atoms with Gasteiger partial charge >= 0.3 is 0 Å². The van der Waals surface area contributed by atoms with Crippen LogP contribution in [-0.4, -0.2) is 45.2 Å². The maximum atomic E-state index is 12.4. The van der Waals surface area contributed by atoms with Gasteiger partial charge in [0, 0.05) is 24.2 Å². The first-order chi connectivity index (χ1) is 12.9. The van der Waals surface area contributed by atoms with Crippen LogP contribution in [0.1, 0.15) is 16.1 Å². The van der Waals surface area contributed by atoms with Crippen molar-refractivity contribution in [3.8, 4) is 0 Å². The van der Waals surface area contributed by atoms with E-state index in [-0.39, 0.29) is 18.8 Å². The number of nitrogens with one attached hydrogen (secondary N) is 2. The van der Waals surface area contributed by atoms with Crippen LogP contribution >= 0.6 is 23.4 Å². The molecule has 3 rings (SSSR count). The standard InChI is InChI=1S/C17H13ClN4O4S/c18-11-3-1-10(2-4-11)9-13-16(25)22(17(26)27-13)8-7-19-15(24)12-5-6-14(23)21-20-12/h1-6,9H,7-8H2,(H,19,24)(H,21,23)/b13-9-. The van der Waals surface area contributed by atoms with E-state index in [0.717, 1.165) is 22.2 Å². The molecule has 8 nitrogen and oxygen atoms in total. The molecule has 1 saturated heterocycles. The lowest BCUT2D eigenvalue weighted by Gasteiger charge is -2.12. The summed E-state index contributed by atoms with van der Waals surface area (Å²) in [5.41, 5.74) is 0.366. The third kappa shape index (κ3) is 4.63. The fourth-order valence-electron chi connectivity index (χ4n) is 2.25. The zero-order chi connectivity index (χ0) is 19.4. The first-order valence-electron chi connectivity index (χ1n) is 7.79. The maximum absolute atomic E-state index is 12.4. The maximum Gasteiger partial charge on any atom is 0.293 e. The largest absolute Gasteiger partial charge is 0.349 e. The van der Waals surface area contributed by atoms with Crippen LogP contribution in [0.2, 0.25) is 5.02 Å². The fraction of sp³-hybridized carbons (Fsp3) is 0.118. The van der Waals surface area contributed by atoms with Gasteiger partial charge in [-0.1, -0.05) is 23.7 Å². The molecule has 0 atom stereocenters. The molecule has 2 N–H and O–H groups in total. The highest BCUT2D eigenvalue weighted by Crippen LogP contribution is 2.32. The Morgan fingerprint density at radius 2 is 1.93 bits per heavy atom. The van der Waals surface area contributed by atoms with Crippen LogP contribution in [-0.2, 0) is 4.79 Å². The average Bonchev–Trinajstić information content (AvgIpc) is 2.91. The molecule has 138 valence electrons. The van der Waals surface area contributed by atoms with Crippen molar-refractivity contribution in [3.63, 3.8) is 0 Å². The van der Waals surface area contributed by atoms with Gasteiger partial charge in [-0.2, -0.15) is 5.10 Å². The molecule has 10 heteroatoms. The van der Waals surface area contributed by atoms with E-state index in [1.54, 1.807) is 30.3 Å². The Hall–Kier alpha value is -2.91. The Morgan fingerprint density at radius 3 is 2.59 bits per heavy atom. The highest BCUT2D eigenvalue weighted by atomic mass is 35.5. The van der Waals surface area contributed by atoms with Crippen molar-refractivity contribution in [2.45, 2.75) is 0 Å². The molecule has 3 amide bonds. The van der Waals surface area contributed by atoms with E-state index in [1.165, 1.54) is 12.1 Å². The second kappa shape index (κ2) is 8.19. The number of hydrogen-bond donors (Lipinski definition) is 2. The van der Waals surface area contributed by atoms with Gasteiger partial charge in [0.05, 0.1) is 4.91 Å². The highest BCUT2D eigenvalue weighted by Gasteiger charge is 2.34. The summed E-state index contributed by atoms with van der Waals surface area (Å²) in [6.07, 6.45) is 1.62. The number of carbonyl (C=O) groups is 3. The highest BCUT2D eigenvalue weighted by molar-refractivity contribution is 8.18. The van der Waals surface area contributed by atoms with Crippen molar-refractivity contribution in [2.24, 2.45) is 0 Å². The molecule has 1 aliphatic rings. The molecule has 0 bridgehead atoms. The summed E-state index contributed by atoms with van der Waals surface area (Å²) in [6, 6.07) is 9.33. The van der Waals surface area contributed by atoms with Gasteiger partial charge in [0.1, 0.15) is 5.69 Å². The van der Waals surface area contributed by atoms with Crippen LogP contribution in [0.5, 0.6) is 0 Å².